The molecular formula is C15H27NO4. The number of nitrogens with zero attached hydrogens (tertiary/aromatic N) is 1. The van der Waals surface area contributed by atoms with Crippen LogP contribution >= 0.6 is 0 Å². The molecule has 0 spiro atoms. The molecule has 3 atom stereocenters. The van der Waals surface area contributed by atoms with Gasteiger partial charge in [-0.1, -0.05) is 27.7 Å². The van der Waals surface area contributed by atoms with Crippen LogP contribution in [0.15, 0.2) is 0 Å². The van der Waals surface area contributed by atoms with Crippen LogP contribution in [0.25, 0.3) is 0 Å². The highest BCUT2D eigenvalue weighted by atomic mass is 16.5. The van der Waals surface area contributed by atoms with Crippen molar-refractivity contribution in [3.05, 3.63) is 0 Å². The highest BCUT2D eigenvalue weighted by molar-refractivity contribution is 5.98. The molecule has 1 fully saturated rings. The summed E-state index contributed by atoms with van der Waals surface area (Å²) in [7, 11) is 0. The molecule has 1 saturated heterocycles. The molecule has 0 aromatic carbocycles. The van der Waals surface area contributed by atoms with Gasteiger partial charge in [0.2, 0.25) is 5.91 Å². The number of aliphatic hydroxyl groups excluding tert-OH is 1. The van der Waals surface area contributed by atoms with E-state index >= 15 is 0 Å². The van der Waals surface area contributed by atoms with Crippen molar-refractivity contribution < 1.29 is 19.4 Å². The van der Waals surface area contributed by atoms with Crippen LogP contribution in [0, 0.1) is 17.3 Å². The van der Waals surface area contributed by atoms with Crippen molar-refractivity contribution in [3.63, 3.8) is 0 Å². The molecule has 0 saturated carbocycles. The van der Waals surface area contributed by atoms with Crippen LogP contribution in [0.4, 0.5) is 0 Å². The average Bonchev–Trinajstić information content (AvgIpc) is 2.68. The Morgan fingerprint density at radius 1 is 1.40 bits per heavy atom. The highest BCUT2D eigenvalue weighted by Gasteiger charge is 2.45. The van der Waals surface area contributed by atoms with Crippen LogP contribution in [0.2, 0.25) is 0 Å². The van der Waals surface area contributed by atoms with Crippen LogP contribution in [-0.4, -0.2) is 47.7 Å². The average molecular weight is 285 g/mol. The third-order valence-corrected chi connectivity index (χ3v) is 3.99. The zero-order valence-corrected chi connectivity index (χ0v) is 13.2. The Labute approximate surface area is 121 Å². The molecule has 3 unspecified atom stereocenters. The molecule has 1 rings (SSSR count). The monoisotopic (exact) mass is 285 g/mol. The van der Waals surface area contributed by atoms with E-state index in [-0.39, 0.29) is 31.1 Å². The molecule has 1 aliphatic rings. The maximum absolute atomic E-state index is 12.7. The topological polar surface area (TPSA) is 66.8 Å². The smallest absolute Gasteiger partial charge is 0.319 e. The van der Waals surface area contributed by atoms with Crippen molar-refractivity contribution in [3.8, 4) is 0 Å². The lowest BCUT2D eigenvalue weighted by atomic mass is 9.79. The first kappa shape index (κ1) is 17.0. The Hall–Kier alpha value is -1.10. The number of carbonyl (C=O) groups excluding carboxylic acids is 2. The minimum Gasteiger partial charge on any atom is -0.465 e. The fraction of sp³-hybridized carbons (Fsp3) is 0.867. The minimum absolute atomic E-state index is 0.0629. The van der Waals surface area contributed by atoms with Crippen molar-refractivity contribution in [2.75, 3.05) is 19.8 Å². The van der Waals surface area contributed by atoms with E-state index in [1.165, 1.54) is 0 Å². The van der Waals surface area contributed by atoms with Gasteiger partial charge < -0.3 is 14.7 Å². The maximum Gasteiger partial charge on any atom is 0.319 e. The summed E-state index contributed by atoms with van der Waals surface area (Å²) in [6.07, 6.45) is 0.858. The lowest BCUT2D eigenvalue weighted by molar-refractivity contribution is -0.161. The Morgan fingerprint density at radius 3 is 2.45 bits per heavy atom. The predicted molar refractivity (Wildman–Crippen MR) is 75.9 cm³/mol. The SMILES string of the molecule is CCOC(=O)C(C(=O)N1CCC(C)C1CO)C(C)(C)C. The Balaban J connectivity index is 2.97. The summed E-state index contributed by atoms with van der Waals surface area (Å²) in [5, 5.41) is 9.47. The molecule has 0 aliphatic carbocycles. The summed E-state index contributed by atoms with van der Waals surface area (Å²) in [6, 6.07) is -0.193. The third kappa shape index (κ3) is 3.51. The fourth-order valence-corrected chi connectivity index (χ4v) is 2.78. The quantitative estimate of drug-likeness (QED) is 0.627. The number of likely N-dealkylation sites (tertiary alicyclic amines) is 1. The van der Waals surface area contributed by atoms with Gasteiger partial charge in [0, 0.05) is 6.54 Å². The first-order valence-corrected chi connectivity index (χ1v) is 7.32. The number of amides is 1. The second-order valence-corrected chi connectivity index (χ2v) is 6.60. The molecule has 1 aliphatic heterocycles. The van der Waals surface area contributed by atoms with Crippen LogP contribution in [0.3, 0.4) is 0 Å². The predicted octanol–water partition coefficient (Wildman–Crippen LogP) is 1.44. The molecule has 116 valence electrons. The zero-order chi connectivity index (χ0) is 15.5. The second-order valence-electron chi connectivity index (χ2n) is 6.60. The molecule has 1 N–H and O–H groups in total. The molecule has 5 nitrogen and oxygen atoms in total. The zero-order valence-electron chi connectivity index (χ0n) is 13.2. The molecular weight excluding hydrogens is 258 g/mol. The van der Waals surface area contributed by atoms with Gasteiger partial charge in [-0.3, -0.25) is 9.59 Å². The van der Waals surface area contributed by atoms with E-state index in [1.54, 1.807) is 11.8 Å². The van der Waals surface area contributed by atoms with Gasteiger partial charge in [0.1, 0.15) is 5.92 Å². The summed E-state index contributed by atoms with van der Waals surface area (Å²) < 4.78 is 5.06. The Bertz CT molecular complexity index is 361. The normalized spacial score (nSPS) is 24.6. The Morgan fingerprint density at radius 2 is 2.00 bits per heavy atom. The lowest BCUT2D eigenvalue weighted by Gasteiger charge is -2.34. The first-order valence-electron chi connectivity index (χ1n) is 7.32. The van der Waals surface area contributed by atoms with Crippen molar-refractivity contribution in [1.29, 1.82) is 0 Å². The van der Waals surface area contributed by atoms with Crippen LogP contribution in [0.5, 0.6) is 0 Å². The number of hydrogen-bond donors (Lipinski definition) is 1. The summed E-state index contributed by atoms with van der Waals surface area (Å²) >= 11 is 0. The van der Waals surface area contributed by atoms with Crippen molar-refractivity contribution in [2.24, 2.45) is 17.3 Å². The molecule has 0 bridgehead atoms. The molecule has 0 aromatic rings. The number of rotatable bonds is 4. The van der Waals surface area contributed by atoms with Crippen LogP contribution < -0.4 is 0 Å². The van der Waals surface area contributed by atoms with Crippen molar-refractivity contribution in [2.45, 2.75) is 47.1 Å². The number of aliphatic hydroxyl groups is 1. The standard InChI is InChI=1S/C15H27NO4/c1-6-20-14(19)12(15(3,4)5)13(18)16-8-7-10(2)11(16)9-17/h10-12,17H,6-9H2,1-5H3. The first-order chi connectivity index (χ1) is 9.23. The van der Waals surface area contributed by atoms with E-state index in [0.717, 1.165) is 6.42 Å². The maximum atomic E-state index is 12.7. The van der Waals surface area contributed by atoms with Crippen LogP contribution in [-0.2, 0) is 14.3 Å². The van der Waals surface area contributed by atoms with E-state index in [0.29, 0.717) is 6.54 Å². The van der Waals surface area contributed by atoms with E-state index < -0.39 is 17.3 Å². The van der Waals surface area contributed by atoms with E-state index in [1.807, 2.05) is 27.7 Å². The van der Waals surface area contributed by atoms with Crippen LogP contribution in [0.1, 0.15) is 41.0 Å². The van der Waals surface area contributed by atoms with Crippen molar-refractivity contribution in [1.82, 2.24) is 4.90 Å². The van der Waals surface area contributed by atoms with E-state index in [9.17, 15) is 14.7 Å². The summed E-state index contributed by atoms with van der Waals surface area (Å²) in [6.45, 7) is 10.1. The molecule has 0 radical (unpaired) electrons. The number of hydrogen-bond acceptors (Lipinski definition) is 4. The number of carbonyl (C=O) groups is 2. The molecule has 1 amide bonds. The van der Waals surface area contributed by atoms with Gasteiger partial charge in [-0.05, 0) is 24.7 Å². The van der Waals surface area contributed by atoms with Gasteiger partial charge in [-0.2, -0.15) is 0 Å². The van der Waals surface area contributed by atoms with Gasteiger partial charge in [0.05, 0.1) is 19.3 Å². The summed E-state index contributed by atoms with van der Waals surface area (Å²) in [4.78, 5) is 26.5. The van der Waals surface area contributed by atoms with Crippen molar-refractivity contribution >= 4 is 11.9 Å². The Kier molecular flexibility index (Phi) is 5.57. The summed E-state index contributed by atoms with van der Waals surface area (Å²) in [5.74, 6) is -1.26. The van der Waals surface area contributed by atoms with Gasteiger partial charge in [-0.15, -0.1) is 0 Å². The van der Waals surface area contributed by atoms with Gasteiger partial charge in [0.25, 0.3) is 0 Å². The fourth-order valence-electron chi connectivity index (χ4n) is 2.78. The van der Waals surface area contributed by atoms with Gasteiger partial charge >= 0.3 is 5.97 Å². The molecule has 20 heavy (non-hydrogen) atoms. The van der Waals surface area contributed by atoms with Gasteiger partial charge in [0.15, 0.2) is 0 Å². The lowest BCUT2D eigenvalue weighted by Crippen LogP contribution is -2.49. The van der Waals surface area contributed by atoms with E-state index in [2.05, 4.69) is 0 Å². The van der Waals surface area contributed by atoms with Gasteiger partial charge in [-0.25, -0.2) is 0 Å². The largest absolute Gasteiger partial charge is 0.465 e. The highest BCUT2D eigenvalue weighted by Crippen LogP contribution is 2.33. The number of esters is 1. The second kappa shape index (κ2) is 6.57. The number of ether oxygens (including phenoxy) is 1. The summed E-state index contributed by atoms with van der Waals surface area (Å²) in [5.41, 5.74) is -0.505. The molecule has 0 aromatic heterocycles. The van der Waals surface area contributed by atoms with E-state index in [4.69, 9.17) is 4.74 Å². The molecule has 5 heteroatoms. The third-order valence-electron chi connectivity index (χ3n) is 3.99. The minimum atomic E-state index is -0.818. The molecule has 1 heterocycles.